The number of rotatable bonds is 4. The molecule has 1 heterocycles. The van der Waals surface area contributed by atoms with E-state index in [0.717, 1.165) is 23.8 Å². The Hall–Kier alpha value is -3.09. The van der Waals surface area contributed by atoms with Gasteiger partial charge < -0.3 is 5.32 Å². The number of benzene rings is 2. The second-order valence-corrected chi connectivity index (χ2v) is 5.29. The van der Waals surface area contributed by atoms with E-state index in [-0.39, 0.29) is 12.0 Å². The highest BCUT2D eigenvalue weighted by atomic mass is 19.1. The number of amides is 1. The van der Waals surface area contributed by atoms with Crippen LogP contribution in [0.15, 0.2) is 42.5 Å². The minimum atomic E-state index is -0.614. The van der Waals surface area contributed by atoms with E-state index in [4.69, 9.17) is 0 Å². The molecule has 3 rings (SSSR count). The number of halogens is 2. The Balaban J connectivity index is 1.74. The number of hydrogen-bond acceptors (Lipinski definition) is 3. The van der Waals surface area contributed by atoms with Gasteiger partial charge in [0.05, 0.1) is 6.42 Å². The van der Waals surface area contributed by atoms with Gasteiger partial charge in [-0.05, 0) is 37.3 Å². The second-order valence-electron chi connectivity index (χ2n) is 5.29. The average molecular weight is 328 g/mol. The van der Waals surface area contributed by atoms with Gasteiger partial charge in [0.1, 0.15) is 17.5 Å². The molecule has 0 atom stereocenters. The Morgan fingerprint density at radius 3 is 2.79 bits per heavy atom. The Kier molecular flexibility index (Phi) is 4.33. The zero-order valence-electron chi connectivity index (χ0n) is 12.8. The number of hydrogen-bond donors (Lipinski definition) is 2. The van der Waals surface area contributed by atoms with Gasteiger partial charge in [-0.3, -0.25) is 9.89 Å². The van der Waals surface area contributed by atoms with Crippen molar-refractivity contribution in [3.8, 4) is 11.4 Å². The first-order chi connectivity index (χ1) is 11.5. The zero-order valence-corrected chi connectivity index (χ0v) is 12.8. The number of nitrogens with one attached hydrogen (secondary N) is 2. The lowest BCUT2D eigenvalue weighted by molar-refractivity contribution is -0.115. The van der Waals surface area contributed by atoms with Gasteiger partial charge in [0.15, 0.2) is 5.82 Å². The topological polar surface area (TPSA) is 70.7 Å². The van der Waals surface area contributed by atoms with Crippen molar-refractivity contribution >= 4 is 11.6 Å². The first kappa shape index (κ1) is 15.8. The Labute approximate surface area is 136 Å². The quantitative estimate of drug-likeness (QED) is 0.772. The van der Waals surface area contributed by atoms with Crippen LogP contribution < -0.4 is 5.32 Å². The molecular weight excluding hydrogens is 314 g/mol. The van der Waals surface area contributed by atoms with Crippen molar-refractivity contribution in [1.82, 2.24) is 15.2 Å². The number of H-pyrrole nitrogens is 1. The summed E-state index contributed by atoms with van der Waals surface area (Å²) in [5, 5.41) is 9.46. The lowest BCUT2D eigenvalue weighted by Crippen LogP contribution is -2.15. The highest BCUT2D eigenvalue weighted by Gasteiger charge is 2.11. The van der Waals surface area contributed by atoms with Gasteiger partial charge in [0.25, 0.3) is 0 Å². The van der Waals surface area contributed by atoms with Gasteiger partial charge in [-0.1, -0.05) is 12.1 Å². The van der Waals surface area contributed by atoms with Gasteiger partial charge in [-0.15, -0.1) is 0 Å². The van der Waals surface area contributed by atoms with Gasteiger partial charge in [0, 0.05) is 16.8 Å². The lowest BCUT2D eigenvalue weighted by Gasteiger charge is -2.07. The molecular formula is C17H14F2N4O. The molecule has 0 aliphatic rings. The van der Waals surface area contributed by atoms with Gasteiger partial charge in [-0.2, -0.15) is 5.10 Å². The van der Waals surface area contributed by atoms with Crippen LogP contribution in [0.3, 0.4) is 0 Å². The maximum atomic E-state index is 13.6. The van der Waals surface area contributed by atoms with E-state index in [1.54, 1.807) is 25.1 Å². The third-order valence-corrected chi connectivity index (χ3v) is 3.36. The van der Waals surface area contributed by atoms with Gasteiger partial charge in [-0.25, -0.2) is 13.8 Å². The summed E-state index contributed by atoms with van der Waals surface area (Å²) in [6.45, 7) is 1.79. The molecule has 1 amide bonds. The summed E-state index contributed by atoms with van der Waals surface area (Å²) in [6.07, 6.45) is -0.256. The molecule has 122 valence electrons. The maximum Gasteiger partial charge on any atom is 0.228 e. The smallest absolute Gasteiger partial charge is 0.228 e. The third kappa shape index (κ3) is 3.62. The number of carbonyl (C=O) groups is 1. The largest absolute Gasteiger partial charge is 0.326 e. The number of nitrogens with zero attached hydrogens (tertiary/aromatic N) is 2. The molecule has 24 heavy (non-hydrogen) atoms. The summed E-state index contributed by atoms with van der Waals surface area (Å²) < 4.78 is 26.7. The molecule has 2 N–H and O–H groups in total. The van der Waals surface area contributed by atoms with E-state index in [1.807, 2.05) is 6.07 Å². The monoisotopic (exact) mass is 328 g/mol. The molecule has 0 unspecified atom stereocenters. The number of anilines is 1. The molecule has 0 fully saturated rings. The molecule has 0 aliphatic heterocycles. The van der Waals surface area contributed by atoms with Crippen molar-refractivity contribution < 1.29 is 13.6 Å². The zero-order chi connectivity index (χ0) is 17.1. The van der Waals surface area contributed by atoms with Crippen LogP contribution in [0.2, 0.25) is 0 Å². The van der Waals surface area contributed by atoms with Crippen molar-refractivity contribution in [3.05, 3.63) is 65.5 Å². The fraction of sp³-hybridized carbons (Fsp3) is 0.118. The Morgan fingerprint density at radius 1 is 1.21 bits per heavy atom. The molecule has 3 aromatic rings. The summed E-state index contributed by atoms with van der Waals surface area (Å²) in [5.41, 5.74) is 1.26. The summed E-state index contributed by atoms with van der Waals surface area (Å²) in [4.78, 5) is 16.3. The molecule has 2 aromatic carbocycles. The van der Waals surface area contributed by atoms with Crippen molar-refractivity contribution in [2.75, 3.05) is 5.32 Å². The molecule has 7 heteroatoms. The molecule has 0 spiro atoms. The molecule has 0 saturated heterocycles. The Bertz CT molecular complexity index is 892. The summed E-state index contributed by atoms with van der Waals surface area (Å²) in [7, 11) is 0. The summed E-state index contributed by atoms with van der Waals surface area (Å²) in [6, 6.07) is 10.0. The van der Waals surface area contributed by atoms with Crippen LogP contribution in [0.25, 0.3) is 11.4 Å². The highest BCUT2D eigenvalue weighted by molar-refractivity contribution is 5.92. The number of aromatic nitrogens is 3. The predicted molar refractivity (Wildman–Crippen MR) is 85.2 cm³/mol. The minimum absolute atomic E-state index is 0.00764. The molecule has 0 bridgehead atoms. The molecule has 5 nitrogen and oxygen atoms in total. The highest BCUT2D eigenvalue weighted by Crippen LogP contribution is 2.19. The van der Waals surface area contributed by atoms with Crippen molar-refractivity contribution in [2.24, 2.45) is 0 Å². The van der Waals surface area contributed by atoms with Crippen molar-refractivity contribution in [2.45, 2.75) is 13.3 Å². The molecule has 0 radical (unpaired) electrons. The average Bonchev–Trinajstić information content (AvgIpc) is 2.98. The number of aromatic amines is 1. The van der Waals surface area contributed by atoms with Crippen LogP contribution in [0.5, 0.6) is 0 Å². The standard InChI is InChI=1S/C17H14F2N4O/c1-10-20-17(23-22-10)11-3-2-4-14(8-11)21-16(24)9-12-7-13(18)5-6-15(12)19/h2-8H,9H2,1H3,(H,21,24)(H,20,22,23). The fourth-order valence-corrected chi connectivity index (χ4v) is 2.26. The van der Waals surface area contributed by atoms with Gasteiger partial charge in [0.2, 0.25) is 5.91 Å². The van der Waals surface area contributed by atoms with Crippen molar-refractivity contribution in [1.29, 1.82) is 0 Å². The van der Waals surface area contributed by atoms with Crippen molar-refractivity contribution in [3.63, 3.8) is 0 Å². The third-order valence-electron chi connectivity index (χ3n) is 3.36. The van der Waals surface area contributed by atoms with Crippen LogP contribution >= 0.6 is 0 Å². The lowest BCUT2D eigenvalue weighted by atomic mass is 10.1. The molecule has 0 saturated carbocycles. The number of aryl methyl sites for hydroxylation is 1. The fourth-order valence-electron chi connectivity index (χ4n) is 2.26. The number of carbonyl (C=O) groups excluding carboxylic acids is 1. The Morgan fingerprint density at radius 2 is 2.04 bits per heavy atom. The minimum Gasteiger partial charge on any atom is -0.326 e. The van der Waals surface area contributed by atoms with E-state index >= 15 is 0 Å². The first-order valence-electron chi connectivity index (χ1n) is 7.24. The van der Waals surface area contributed by atoms with Crippen LogP contribution in [0.1, 0.15) is 11.4 Å². The molecule has 0 aliphatic carbocycles. The normalized spacial score (nSPS) is 10.6. The SMILES string of the molecule is Cc1nc(-c2cccc(NC(=O)Cc3cc(F)ccc3F)c2)n[nH]1. The summed E-state index contributed by atoms with van der Waals surface area (Å²) >= 11 is 0. The van der Waals surface area contributed by atoms with Crippen LogP contribution in [0, 0.1) is 18.6 Å². The predicted octanol–water partition coefficient (Wildman–Crippen LogP) is 3.24. The van der Waals surface area contributed by atoms with Crippen LogP contribution in [-0.2, 0) is 11.2 Å². The van der Waals surface area contributed by atoms with E-state index in [2.05, 4.69) is 20.5 Å². The van der Waals surface area contributed by atoms with E-state index in [1.165, 1.54) is 0 Å². The van der Waals surface area contributed by atoms with Crippen LogP contribution in [-0.4, -0.2) is 21.1 Å². The first-order valence-corrected chi connectivity index (χ1v) is 7.24. The van der Waals surface area contributed by atoms with E-state index in [9.17, 15) is 13.6 Å². The second kappa shape index (κ2) is 6.57. The van der Waals surface area contributed by atoms with Crippen LogP contribution in [0.4, 0.5) is 14.5 Å². The van der Waals surface area contributed by atoms with E-state index < -0.39 is 17.5 Å². The summed E-state index contributed by atoms with van der Waals surface area (Å²) in [5.74, 6) is -0.443. The van der Waals surface area contributed by atoms with Gasteiger partial charge >= 0.3 is 0 Å². The maximum absolute atomic E-state index is 13.6. The molecule has 1 aromatic heterocycles. The van der Waals surface area contributed by atoms with E-state index in [0.29, 0.717) is 17.3 Å².